The molecule has 2 saturated heterocycles. The SMILES string of the molecule is CCCCC1CCN(C(=O)N2CCCCCC2)CC1. The van der Waals surface area contributed by atoms with Crippen molar-refractivity contribution in [2.24, 2.45) is 5.92 Å². The Morgan fingerprint density at radius 1 is 0.947 bits per heavy atom. The molecule has 2 rings (SSSR count). The average Bonchev–Trinajstić information content (AvgIpc) is 2.74. The Balaban J connectivity index is 1.75. The van der Waals surface area contributed by atoms with Crippen LogP contribution in [0.2, 0.25) is 0 Å². The minimum absolute atomic E-state index is 0.316. The molecule has 2 amide bonds. The van der Waals surface area contributed by atoms with Gasteiger partial charge in [0.05, 0.1) is 0 Å². The summed E-state index contributed by atoms with van der Waals surface area (Å²) < 4.78 is 0. The molecule has 0 radical (unpaired) electrons. The lowest BCUT2D eigenvalue weighted by Crippen LogP contribution is -2.47. The van der Waals surface area contributed by atoms with Crippen molar-refractivity contribution in [2.45, 2.75) is 64.7 Å². The molecule has 19 heavy (non-hydrogen) atoms. The minimum atomic E-state index is 0.316. The number of rotatable bonds is 3. The van der Waals surface area contributed by atoms with Gasteiger partial charge in [-0.05, 0) is 31.6 Å². The number of urea groups is 1. The Bertz CT molecular complexity index is 264. The predicted octanol–water partition coefficient (Wildman–Crippen LogP) is 3.88. The van der Waals surface area contributed by atoms with Crippen LogP contribution in [0.4, 0.5) is 4.79 Å². The van der Waals surface area contributed by atoms with E-state index in [0.717, 1.165) is 32.1 Å². The summed E-state index contributed by atoms with van der Waals surface area (Å²) in [4.78, 5) is 16.7. The van der Waals surface area contributed by atoms with Crippen molar-refractivity contribution in [1.82, 2.24) is 9.80 Å². The predicted molar refractivity (Wildman–Crippen MR) is 79.3 cm³/mol. The van der Waals surface area contributed by atoms with Crippen molar-refractivity contribution in [3.8, 4) is 0 Å². The molecule has 0 spiro atoms. The van der Waals surface area contributed by atoms with E-state index in [0.29, 0.717) is 6.03 Å². The smallest absolute Gasteiger partial charge is 0.319 e. The molecule has 2 heterocycles. The summed E-state index contributed by atoms with van der Waals surface area (Å²) in [6, 6.07) is 0.316. The Kier molecular flexibility index (Phi) is 5.99. The molecule has 110 valence electrons. The van der Waals surface area contributed by atoms with E-state index in [1.165, 1.54) is 57.8 Å². The van der Waals surface area contributed by atoms with E-state index in [-0.39, 0.29) is 0 Å². The van der Waals surface area contributed by atoms with Gasteiger partial charge in [0.25, 0.3) is 0 Å². The molecule has 3 heteroatoms. The number of unbranched alkanes of at least 4 members (excludes halogenated alkanes) is 1. The summed E-state index contributed by atoms with van der Waals surface area (Å²) in [6.07, 6.45) is 11.4. The first-order valence-corrected chi connectivity index (χ1v) is 8.35. The van der Waals surface area contributed by atoms with Crippen LogP contribution in [0, 0.1) is 5.92 Å². The molecular formula is C16H30N2O. The van der Waals surface area contributed by atoms with E-state index in [1.54, 1.807) is 0 Å². The van der Waals surface area contributed by atoms with Gasteiger partial charge in [-0.1, -0.05) is 39.0 Å². The zero-order chi connectivity index (χ0) is 13.5. The van der Waals surface area contributed by atoms with Gasteiger partial charge in [-0.2, -0.15) is 0 Å². The number of hydrogen-bond acceptors (Lipinski definition) is 1. The van der Waals surface area contributed by atoms with Crippen molar-refractivity contribution in [2.75, 3.05) is 26.2 Å². The molecule has 2 aliphatic heterocycles. The van der Waals surface area contributed by atoms with Gasteiger partial charge in [0.1, 0.15) is 0 Å². The Labute approximate surface area is 118 Å². The maximum Gasteiger partial charge on any atom is 0.319 e. The van der Waals surface area contributed by atoms with Gasteiger partial charge in [0, 0.05) is 26.2 Å². The summed E-state index contributed by atoms with van der Waals surface area (Å²) in [7, 11) is 0. The van der Waals surface area contributed by atoms with E-state index in [9.17, 15) is 4.79 Å². The fourth-order valence-corrected chi connectivity index (χ4v) is 3.37. The lowest BCUT2D eigenvalue weighted by molar-refractivity contribution is 0.131. The van der Waals surface area contributed by atoms with Gasteiger partial charge >= 0.3 is 6.03 Å². The summed E-state index contributed by atoms with van der Waals surface area (Å²) in [6.45, 7) is 6.20. The van der Waals surface area contributed by atoms with E-state index in [2.05, 4.69) is 16.7 Å². The van der Waals surface area contributed by atoms with Gasteiger partial charge < -0.3 is 9.80 Å². The number of amides is 2. The maximum atomic E-state index is 12.5. The minimum Gasteiger partial charge on any atom is -0.325 e. The molecule has 0 atom stereocenters. The van der Waals surface area contributed by atoms with E-state index in [4.69, 9.17) is 0 Å². The lowest BCUT2D eigenvalue weighted by Gasteiger charge is -2.35. The largest absolute Gasteiger partial charge is 0.325 e. The van der Waals surface area contributed by atoms with Crippen LogP contribution in [0.5, 0.6) is 0 Å². The highest BCUT2D eigenvalue weighted by Gasteiger charge is 2.26. The van der Waals surface area contributed by atoms with Gasteiger partial charge in [0.15, 0.2) is 0 Å². The molecule has 0 aromatic heterocycles. The molecule has 3 nitrogen and oxygen atoms in total. The lowest BCUT2D eigenvalue weighted by atomic mass is 9.92. The third kappa shape index (κ3) is 4.39. The van der Waals surface area contributed by atoms with Gasteiger partial charge in [-0.15, -0.1) is 0 Å². The number of likely N-dealkylation sites (tertiary alicyclic amines) is 2. The van der Waals surface area contributed by atoms with Gasteiger partial charge in [-0.3, -0.25) is 0 Å². The zero-order valence-corrected chi connectivity index (χ0v) is 12.6. The summed E-state index contributed by atoms with van der Waals surface area (Å²) >= 11 is 0. The van der Waals surface area contributed by atoms with E-state index < -0.39 is 0 Å². The monoisotopic (exact) mass is 266 g/mol. The number of carbonyl (C=O) groups is 1. The third-order valence-electron chi connectivity index (χ3n) is 4.73. The summed E-state index contributed by atoms with van der Waals surface area (Å²) in [5.41, 5.74) is 0. The van der Waals surface area contributed by atoms with Crippen molar-refractivity contribution < 1.29 is 4.79 Å². The first-order chi connectivity index (χ1) is 9.31. The van der Waals surface area contributed by atoms with E-state index >= 15 is 0 Å². The molecule has 0 aromatic rings. The number of piperidine rings is 1. The van der Waals surface area contributed by atoms with Crippen LogP contribution >= 0.6 is 0 Å². The Hall–Kier alpha value is -0.730. The standard InChI is InChI=1S/C16H30N2O/c1-2-3-8-15-9-13-18(14-10-15)16(19)17-11-6-4-5-7-12-17/h15H,2-14H2,1H3. The number of hydrogen-bond donors (Lipinski definition) is 0. The topological polar surface area (TPSA) is 23.6 Å². The molecule has 0 bridgehead atoms. The molecule has 0 aliphatic carbocycles. The normalized spacial score (nSPS) is 22.4. The summed E-state index contributed by atoms with van der Waals surface area (Å²) in [5.74, 6) is 0.869. The Morgan fingerprint density at radius 3 is 2.11 bits per heavy atom. The zero-order valence-electron chi connectivity index (χ0n) is 12.6. The molecule has 2 aliphatic rings. The van der Waals surface area contributed by atoms with Crippen LogP contribution in [0.15, 0.2) is 0 Å². The molecule has 0 saturated carbocycles. The summed E-state index contributed by atoms with van der Waals surface area (Å²) in [5, 5.41) is 0. The Morgan fingerprint density at radius 2 is 1.53 bits per heavy atom. The van der Waals surface area contributed by atoms with Crippen molar-refractivity contribution in [1.29, 1.82) is 0 Å². The van der Waals surface area contributed by atoms with Crippen molar-refractivity contribution in [3.05, 3.63) is 0 Å². The second-order valence-electron chi connectivity index (χ2n) is 6.26. The highest BCUT2D eigenvalue weighted by atomic mass is 16.2. The molecule has 2 fully saturated rings. The van der Waals surface area contributed by atoms with Crippen LogP contribution in [-0.2, 0) is 0 Å². The van der Waals surface area contributed by atoms with Crippen molar-refractivity contribution in [3.63, 3.8) is 0 Å². The van der Waals surface area contributed by atoms with Crippen LogP contribution < -0.4 is 0 Å². The first kappa shape index (κ1) is 14.7. The number of nitrogens with zero attached hydrogens (tertiary/aromatic N) is 2. The van der Waals surface area contributed by atoms with E-state index in [1.807, 2.05) is 0 Å². The highest BCUT2D eigenvalue weighted by Crippen LogP contribution is 2.23. The van der Waals surface area contributed by atoms with Crippen molar-refractivity contribution >= 4 is 6.03 Å². The third-order valence-corrected chi connectivity index (χ3v) is 4.73. The van der Waals surface area contributed by atoms with Gasteiger partial charge in [0.2, 0.25) is 0 Å². The van der Waals surface area contributed by atoms with Crippen LogP contribution in [0.1, 0.15) is 64.7 Å². The highest BCUT2D eigenvalue weighted by molar-refractivity contribution is 5.74. The molecule has 0 unspecified atom stereocenters. The molecular weight excluding hydrogens is 236 g/mol. The maximum absolute atomic E-state index is 12.5. The first-order valence-electron chi connectivity index (χ1n) is 8.35. The van der Waals surface area contributed by atoms with Gasteiger partial charge in [-0.25, -0.2) is 4.79 Å². The fourth-order valence-electron chi connectivity index (χ4n) is 3.37. The molecule has 0 aromatic carbocycles. The number of carbonyl (C=O) groups excluding carboxylic acids is 1. The van der Waals surface area contributed by atoms with Crippen LogP contribution in [0.3, 0.4) is 0 Å². The second kappa shape index (κ2) is 7.76. The van der Waals surface area contributed by atoms with Crippen LogP contribution in [-0.4, -0.2) is 42.0 Å². The van der Waals surface area contributed by atoms with Crippen LogP contribution in [0.25, 0.3) is 0 Å². The second-order valence-corrected chi connectivity index (χ2v) is 6.26. The average molecular weight is 266 g/mol. The molecule has 0 N–H and O–H groups in total. The fraction of sp³-hybridized carbons (Fsp3) is 0.938. The quantitative estimate of drug-likeness (QED) is 0.760.